The van der Waals surface area contributed by atoms with Crippen molar-refractivity contribution in [2.24, 2.45) is 0 Å². The van der Waals surface area contributed by atoms with E-state index in [0.29, 0.717) is 10.6 Å². The minimum Gasteiger partial charge on any atom is -0.289 e. The van der Waals surface area contributed by atoms with Gasteiger partial charge in [0.15, 0.2) is 5.78 Å². The molecule has 0 radical (unpaired) electrons. The number of rotatable bonds is 3. The lowest BCUT2D eigenvalue weighted by Gasteiger charge is -1.98. The van der Waals surface area contributed by atoms with Gasteiger partial charge in [0.1, 0.15) is 0 Å². The average molecular weight is 369 g/mol. The highest BCUT2D eigenvalue weighted by Crippen LogP contribution is 2.17. The molecule has 0 N–H and O–H groups in total. The third-order valence-electron chi connectivity index (χ3n) is 2.45. The number of carbonyl (C=O) groups is 1. The lowest BCUT2D eigenvalue weighted by molar-refractivity contribution is 0.104. The molecule has 2 rings (SSSR count). The zero-order valence-electron chi connectivity index (χ0n) is 9.44. The van der Waals surface area contributed by atoms with Crippen molar-refractivity contribution in [2.75, 3.05) is 0 Å². The summed E-state index contributed by atoms with van der Waals surface area (Å²) in [5.74, 6) is -0.0219. The Morgan fingerprint density at radius 1 is 1.06 bits per heavy atom. The molecule has 2 aromatic rings. The first-order valence-corrected chi connectivity index (χ1v) is 6.85. The molecule has 0 aromatic heterocycles. The van der Waals surface area contributed by atoms with Crippen LogP contribution in [0.4, 0.5) is 0 Å². The normalized spacial score (nSPS) is 10.8. The molecule has 0 bridgehead atoms. The van der Waals surface area contributed by atoms with E-state index in [1.807, 2.05) is 42.5 Å². The summed E-state index contributed by atoms with van der Waals surface area (Å²) in [4.78, 5) is 11.9. The second-order valence-electron chi connectivity index (χ2n) is 3.73. The Kier molecular flexibility index (Phi) is 4.55. The van der Waals surface area contributed by atoms with Crippen LogP contribution in [-0.4, -0.2) is 5.78 Å². The minimum absolute atomic E-state index is 0.0219. The van der Waals surface area contributed by atoms with Gasteiger partial charge in [0.05, 0.1) is 0 Å². The first-order valence-electron chi connectivity index (χ1n) is 5.39. The number of ketones is 1. The van der Waals surface area contributed by atoms with E-state index >= 15 is 0 Å². The van der Waals surface area contributed by atoms with Crippen molar-refractivity contribution in [2.45, 2.75) is 0 Å². The van der Waals surface area contributed by atoms with Gasteiger partial charge in [0.25, 0.3) is 0 Å². The molecule has 18 heavy (non-hydrogen) atoms. The molecule has 0 unspecified atom stereocenters. The molecule has 1 nitrogen and oxygen atoms in total. The molecule has 0 saturated carbocycles. The first kappa shape index (κ1) is 13.3. The second kappa shape index (κ2) is 6.16. The van der Waals surface area contributed by atoms with E-state index in [-0.39, 0.29) is 5.78 Å². The smallest absolute Gasteiger partial charge is 0.185 e. The highest BCUT2D eigenvalue weighted by molar-refractivity contribution is 14.1. The fourth-order valence-corrected chi connectivity index (χ4v) is 2.04. The monoisotopic (exact) mass is 368 g/mol. The molecule has 0 fully saturated rings. The Labute approximate surface area is 125 Å². The van der Waals surface area contributed by atoms with Crippen LogP contribution in [0.3, 0.4) is 0 Å². The van der Waals surface area contributed by atoms with Gasteiger partial charge >= 0.3 is 0 Å². The molecule has 0 aliphatic carbocycles. The van der Waals surface area contributed by atoms with E-state index in [9.17, 15) is 4.79 Å². The number of carbonyl (C=O) groups excluding carboxylic acids is 1. The van der Waals surface area contributed by atoms with Gasteiger partial charge in [0.2, 0.25) is 0 Å². The quantitative estimate of drug-likeness (QED) is 0.430. The van der Waals surface area contributed by atoms with E-state index < -0.39 is 0 Å². The van der Waals surface area contributed by atoms with Crippen LogP contribution in [0.25, 0.3) is 6.08 Å². The fourth-order valence-electron chi connectivity index (χ4n) is 1.49. The van der Waals surface area contributed by atoms with Gasteiger partial charge in [-0.25, -0.2) is 0 Å². The van der Waals surface area contributed by atoms with Crippen LogP contribution in [0.2, 0.25) is 5.02 Å². The highest BCUT2D eigenvalue weighted by Gasteiger charge is 2.01. The number of hydrogen-bond donors (Lipinski definition) is 0. The molecule has 2 aromatic carbocycles. The maximum Gasteiger partial charge on any atom is 0.185 e. The summed E-state index contributed by atoms with van der Waals surface area (Å²) in [6, 6.07) is 14.9. The molecule has 0 amide bonds. The number of hydrogen-bond acceptors (Lipinski definition) is 1. The molecule has 90 valence electrons. The Hall–Kier alpha value is -1.13. The van der Waals surface area contributed by atoms with Gasteiger partial charge in [-0.05, 0) is 58.5 Å². The zero-order chi connectivity index (χ0) is 13.0. The SMILES string of the molecule is O=C(C=Cc1ccccc1Cl)c1ccc(I)cc1. The molecule has 0 atom stereocenters. The Balaban J connectivity index is 2.17. The van der Waals surface area contributed by atoms with Gasteiger partial charge in [-0.15, -0.1) is 0 Å². The summed E-state index contributed by atoms with van der Waals surface area (Å²) in [7, 11) is 0. The number of benzene rings is 2. The summed E-state index contributed by atoms with van der Waals surface area (Å²) in [5, 5.41) is 0.643. The van der Waals surface area contributed by atoms with Crippen molar-refractivity contribution in [3.05, 3.63) is 74.3 Å². The molecular weight excluding hydrogens is 359 g/mol. The van der Waals surface area contributed by atoms with Crippen LogP contribution in [0, 0.1) is 3.57 Å². The topological polar surface area (TPSA) is 17.1 Å². The van der Waals surface area contributed by atoms with E-state index in [4.69, 9.17) is 11.6 Å². The van der Waals surface area contributed by atoms with Crippen molar-refractivity contribution in [3.63, 3.8) is 0 Å². The predicted octanol–water partition coefficient (Wildman–Crippen LogP) is 4.84. The van der Waals surface area contributed by atoms with Crippen LogP contribution in [0.1, 0.15) is 15.9 Å². The maximum atomic E-state index is 11.9. The van der Waals surface area contributed by atoms with Crippen molar-refractivity contribution in [3.8, 4) is 0 Å². The first-order chi connectivity index (χ1) is 8.66. The number of allylic oxidation sites excluding steroid dienone is 1. The minimum atomic E-state index is -0.0219. The van der Waals surface area contributed by atoms with Crippen molar-refractivity contribution < 1.29 is 4.79 Å². The lowest BCUT2D eigenvalue weighted by Crippen LogP contribution is -1.93. The third-order valence-corrected chi connectivity index (χ3v) is 3.51. The van der Waals surface area contributed by atoms with Gasteiger partial charge in [-0.1, -0.05) is 41.9 Å². The van der Waals surface area contributed by atoms with E-state index in [1.54, 1.807) is 18.2 Å². The number of halogens is 2. The van der Waals surface area contributed by atoms with Crippen LogP contribution in [-0.2, 0) is 0 Å². The lowest BCUT2D eigenvalue weighted by atomic mass is 10.1. The Bertz CT molecular complexity index is 588. The van der Waals surface area contributed by atoms with E-state index in [2.05, 4.69) is 22.6 Å². The van der Waals surface area contributed by atoms with Crippen molar-refractivity contribution in [1.29, 1.82) is 0 Å². The standard InChI is InChI=1S/C15H10ClIO/c16-14-4-2-1-3-11(14)7-10-15(18)12-5-8-13(17)9-6-12/h1-10H. The summed E-state index contributed by atoms with van der Waals surface area (Å²) < 4.78 is 1.11. The van der Waals surface area contributed by atoms with Gasteiger partial charge in [-0.3, -0.25) is 4.79 Å². The predicted molar refractivity (Wildman–Crippen MR) is 84.0 cm³/mol. The third kappa shape index (κ3) is 3.43. The highest BCUT2D eigenvalue weighted by atomic mass is 127. The van der Waals surface area contributed by atoms with Gasteiger partial charge in [-0.2, -0.15) is 0 Å². The van der Waals surface area contributed by atoms with Crippen molar-refractivity contribution in [1.82, 2.24) is 0 Å². The molecule has 3 heteroatoms. The van der Waals surface area contributed by atoms with E-state index in [1.165, 1.54) is 0 Å². The molecule has 0 spiro atoms. The van der Waals surface area contributed by atoms with Gasteiger partial charge < -0.3 is 0 Å². The zero-order valence-corrected chi connectivity index (χ0v) is 12.4. The summed E-state index contributed by atoms with van der Waals surface area (Å²) >= 11 is 8.22. The van der Waals surface area contributed by atoms with Gasteiger partial charge in [0, 0.05) is 14.2 Å². The summed E-state index contributed by atoms with van der Waals surface area (Å²) in [6.07, 6.45) is 3.28. The largest absolute Gasteiger partial charge is 0.289 e. The van der Waals surface area contributed by atoms with Crippen LogP contribution >= 0.6 is 34.2 Å². The summed E-state index contributed by atoms with van der Waals surface area (Å²) in [6.45, 7) is 0. The molecule has 0 heterocycles. The summed E-state index contributed by atoms with van der Waals surface area (Å²) in [5.41, 5.74) is 1.52. The molecule has 0 saturated heterocycles. The Morgan fingerprint density at radius 2 is 1.72 bits per heavy atom. The second-order valence-corrected chi connectivity index (χ2v) is 5.38. The average Bonchev–Trinajstić information content (AvgIpc) is 2.38. The fraction of sp³-hybridized carbons (Fsp3) is 0. The van der Waals surface area contributed by atoms with E-state index in [0.717, 1.165) is 9.13 Å². The molecule has 0 aliphatic heterocycles. The van der Waals surface area contributed by atoms with Crippen LogP contribution in [0.5, 0.6) is 0 Å². The van der Waals surface area contributed by atoms with Crippen LogP contribution in [0.15, 0.2) is 54.6 Å². The molecular formula is C15H10ClIO. The maximum absolute atomic E-state index is 11.9. The Morgan fingerprint density at radius 3 is 2.39 bits per heavy atom. The van der Waals surface area contributed by atoms with Crippen LogP contribution < -0.4 is 0 Å². The van der Waals surface area contributed by atoms with Crippen molar-refractivity contribution >= 4 is 46.1 Å². The molecule has 0 aliphatic rings.